The largest absolute Gasteiger partial charge is 0.573 e. The lowest BCUT2D eigenvalue weighted by Gasteiger charge is -2.34. The van der Waals surface area contributed by atoms with E-state index in [4.69, 9.17) is 16.3 Å². The van der Waals surface area contributed by atoms with E-state index in [-0.39, 0.29) is 29.1 Å². The van der Waals surface area contributed by atoms with Crippen molar-refractivity contribution in [2.45, 2.75) is 57.9 Å². The molecule has 2 N–H and O–H groups in total. The van der Waals surface area contributed by atoms with E-state index in [2.05, 4.69) is 15.4 Å². The number of rotatable bonds is 6. The van der Waals surface area contributed by atoms with Gasteiger partial charge >= 0.3 is 12.5 Å². The number of alkyl halides is 3. The molecule has 3 amide bonds. The zero-order valence-electron chi connectivity index (χ0n) is 22.1. The molecule has 1 heterocycles. The van der Waals surface area contributed by atoms with Crippen molar-refractivity contribution in [1.29, 1.82) is 0 Å². The average molecular weight is 570 g/mol. The van der Waals surface area contributed by atoms with Gasteiger partial charge in [0.1, 0.15) is 6.04 Å². The summed E-state index contributed by atoms with van der Waals surface area (Å²) in [5.41, 5.74) is 1.16. The van der Waals surface area contributed by atoms with Crippen molar-refractivity contribution in [3.63, 3.8) is 0 Å². The number of amides is 3. The third-order valence-electron chi connectivity index (χ3n) is 6.25. The minimum absolute atomic E-state index is 0.225. The normalized spacial score (nSPS) is 15.9. The van der Waals surface area contributed by atoms with Crippen LogP contribution in [0.1, 0.15) is 45.6 Å². The molecule has 1 aliphatic heterocycles. The molecule has 0 saturated carbocycles. The number of hydrogen-bond donors (Lipinski definition) is 2. The molecular formula is C27H31ClF3N3O5. The van der Waals surface area contributed by atoms with E-state index in [9.17, 15) is 27.6 Å². The molecule has 0 bridgehead atoms. The Morgan fingerprint density at radius 2 is 1.74 bits per heavy atom. The van der Waals surface area contributed by atoms with Gasteiger partial charge in [-0.3, -0.25) is 9.59 Å². The van der Waals surface area contributed by atoms with Gasteiger partial charge in [-0.2, -0.15) is 0 Å². The first-order valence-corrected chi connectivity index (χ1v) is 12.7. The number of carbonyl (C=O) groups is 3. The molecule has 2 aromatic carbocycles. The summed E-state index contributed by atoms with van der Waals surface area (Å²) in [4.78, 5) is 38.5. The zero-order valence-corrected chi connectivity index (χ0v) is 22.8. The summed E-state index contributed by atoms with van der Waals surface area (Å²) in [7, 11) is 1.34. The maximum atomic E-state index is 13.5. The minimum Gasteiger partial charge on any atom is -0.439 e. The molecule has 12 heteroatoms. The highest BCUT2D eigenvalue weighted by atomic mass is 35.5. The van der Waals surface area contributed by atoms with Crippen molar-refractivity contribution in [3.05, 3.63) is 47.0 Å². The minimum atomic E-state index is -5.09. The van der Waals surface area contributed by atoms with Crippen molar-refractivity contribution in [1.82, 2.24) is 10.2 Å². The Morgan fingerprint density at radius 1 is 1.05 bits per heavy atom. The highest BCUT2D eigenvalue weighted by Crippen LogP contribution is 2.45. The van der Waals surface area contributed by atoms with E-state index in [0.29, 0.717) is 24.0 Å². The summed E-state index contributed by atoms with van der Waals surface area (Å²) in [5.74, 6) is -2.07. The molecule has 0 spiro atoms. The molecule has 0 radical (unpaired) electrons. The number of halogens is 4. The Bertz CT molecular complexity index is 1230. The molecule has 39 heavy (non-hydrogen) atoms. The molecule has 1 fully saturated rings. The van der Waals surface area contributed by atoms with Crippen LogP contribution in [0, 0.1) is 0 Å². The molecule has 3 rings (SSSR count). The first-order chi connectivity index (χ1) is 18.2. The topological polar surface area (TPSA) is 97.0 Å². The van der Waals surface area contributed by atoms with Crippen molar-refractivity contribution in [2.75, 3.05) is 25.5 Å². The quantitative estimate of drug-likeness (QED) is 0.453. The summed E-state index contributed by atoms with van der Waals surface area (Å²) in [5, 5.41) is 4.36. The lowest BCUT2D eigenvalue weighted by Crippen LogP contribution is -2.51. The second-order valence-corrected chi connectivity index (χ2v) is 10.4. The van der Waals surface area contributed by atoms with Crippen LogP contribution in [0.15, 0.2) is 36.4 Å². The van der Waals surface area contributed by atoms with Crippen LogP contribution in [-0.2, 0) is 19.7 Å². The number of piperidine rings is 1. The first kappa shape index (κ1) is 30.1. The third kappa shape index (κ3) is 7.56. The first-order valence-electron chi connectivity index (χ1n) is 12.4. The van der Waals surface area contributed by atoms with Crippen LogP contribution in [-0.4, -0.2) is 55.4 Å². The van der Waals surface area contributed by atoms with Gasteiger partial charge in [0, 0.05) is 19.2 Å². The van der Waals surface area contributed by atoms with E-state index in [1.54, 1.807) is 12.1 Å². The van der Waals surface area contributed by atoms with Crippen LogP contribution in [0.2, 0.25) is 5.02 Å². The van der Waals surface area contributed by atoms with Gasteiger partial charge in [0.2, 0.25) is 5.91 Å². The predicted molar refractivity (Wildman–Crippen MR) is 141 cm³/mol. The second kappa shape index (κ2) is 12.1. The van der Waals surface area contributed by atoms with Gasteiger partial charge < -0.3 is 25.0 Å². The number of nitrogens with one attached hydrogen (secondary N) is 2. The van der Waals surface area contributed by atoms with E-state index < -0.39 is 42.7 Å². The van der Waals surface area contributed by atoms with Crippen LogP contribution in [0.25, 0.3) is 11.1 Å². The molecule has 0 aliphatic carbocycles. The van der Waals surface area contributed by atoms with Crippen LogP contribution in [0.4, 0.5) is 23.7 Å². The third-order valence-corrected chi connectivity index (χ3v) is 6.63. The van der Waals surface area contributed by atoms with Gasteiger partial charge in [-0.1, -0.05) is 62.7 Å². The van der Waals surface area contributed by atoms with Gasteiger partial charge in [-0.25, -0.2) is 4.79 Å². The smallest absolute Gasteiger partial charge is 0.439 e. The van der Waals surface area contributed by atoms with Crippen LogP contribution in [0.3, 0.4) is 0 Å². The van der Waals surface area contributed by atoms with E-state index in [1.165, 1.54) is 24.1 Å². The van der Waals surface area contributed by atoms with Crippen molar-refractivity contribution in [2.24, 2.45) is 0 Å². The maximum Gasteiger partial charge on any atom is 0.573 e. The molecule has 1 unspecified atom stereocenters. The van der Waals surface area contributed by atoms with Gasteiger partial charge in [0.25, 0.3) is 5.91 Å². The van der Waals surface area contributed by atoms with Crippen molar-refractivity contribution in [3.8, 4) is 16.9 Å². The molecule has 212 valence electrons. The maximum absolute atomic E-state index is 13.5. The van der Waals surface area contributed by atoms with Crippen molar-refractivity contribution < 1.29 is 37.0 Å². The number of hydrogen-bond acceptors (Lipinski definition) is 5. The lowest BCUT2D eigenvalue weighted by molar-refractivity contribution is -0.274. The summed E-state index contributed by atoms with van der Waals surface area (Å²) >= 11 is 6.51. The van der Waals surface area contributed by atoms with Crippen LogP contribution < -0.4 is 15.4 Å². The van der Waals surface area contributed by atoms with Crippen molar-refractivity contribution >= 4 is 35.2 Å². The fourth-order valence-corrected chi connectivity index (χ4v) is 4.76. The Hall–Kier alpha value is -3.47. The number of carbonyl (C=O) groups excluding carboxylic acids is 3. The Labute approximate surface area is 229 Å². The van der Waals surface area contributed by atoms with Gasteiger partial charge in [-0.15, -0.1) is 13.2 Å². The van der Waals surface area contributed by atoms with E-state index in [1.807, 2.05) is 32.9 Å². The molecule has 0 aromatic heterocycles. The van der Waals surface area contributed by atoms with Gasteiger partial charge in [-0.05, 0) is 41.9 Å². The van der Waals surface area contributed by atoms with Crippen LogP contribution in [0.5, 0.6) is 5.75 Å². The Balaban J connectivity index is 1.96. The molecule has 1 saturated heterocycles. The standard InChI is InChI=1S/C27H31ClF3N3O5/c1-26(2,3)18-10-6-5-9-16(18)17-12-13-19(23(22(17)28)39-27(29,30)31)33-24(36)20-11-7-8-14-34(20)21(35)15-38-25(37)32-4/h5-6,9-10,12-13,20H,7-8,11,14-15H2,1-4H3,(H,32,37)(H,33,36). The highest BCUT2D eigenvalue weighted by Gasteiger charge is 2.37. The molecule has 1 aliphatic rings. The Morgan fingerprint density at radius 3 is 2.38 bits per heavy atom. The second-order valence-electron chi connectivity index (χ2n) is 10.1. The summed E-state index contributed by atoms with van der Waals surface area (Å²) < 4.78 is 49.4. The monoisotopic (exact) mass is 569 g/mol. The Kier molecular flexibility index (Phi) is 9.37. The molecule has 1 atom stereocenters. The summed E-state index contributed by atoms with van der Waals surface area (Å²) in [6, 6.07) is 9.03. The fraction of sp³-hybridized carbons (Fsp3) is 0.444. The number of alkyl carbamates (subject to hydrolysis) is 1. The number of nitrogens with zero attached hydrogens (tertiary/aromatic N) is 1. The number of ether oxygens (including phenoxy) is 2. The summed E-state index contributed by atoms with van der Waals surface area (Å²) in [6.45, 7) is 5.55. The summed E-state index contributed by atoms with van der Waals surface area (Å²) in [6.07, 6.45) is -4.38. The van der Waals surface area contributed by atoms with Gasteiger partial charge in [0.15, 0.2) is 12.4 Å². The fourth-order valence-electron chi connectivity index (χ4n) is 4.45. The van der Waals surface area contributed by atoms with Gasteiger partial charge in [0.05, 0.1) is 10.7 Å². The van der Waals surface area contributed by atoms with Crippen LogP contribution >= 0.6 is 11.6 Å². The number of likely N-dealkylation sites (tertiary alicyclic amines) is 1. The van der Waals surface area contributed by atoms with E-state index in [0.717, 1.165) is 5.56 Å². The molecular weight excluding hydrogens is 539 g/mol. The molecule has 2 aromatic rings. The number of anilines is 1. The molecule has 8 nitrogen and oxygen atoms in total. The predicted octanol–water partition coefficient (Wildman–Crippen LogP) is 5.88. The SMILES string of the molecule is CNC(=O)OCC(=O)N1CCCCC1C(=O)Nc1ccc(-c2ccccc2C(C)(C)C)c(Cl)c1OC(F)(F)F. The number of benzene rings is 2. The average Bonchev–Trinajstić information content (AvgIpc) is 2.88. The zero-order chi connectivity index (χ0) is 29.0. The lowest BCUT2D eigenvalue weighted by atomic mass is 9.82. The highest BCUT2D eigenvalue weighted by molar-refractivity contribution is 6.35. The van der Waals surface area contributed by atoms with E-state index >= 15 is 0 Å².